The van der Waals surface area contributed by atoms with Crippen molar-refractivity contribution in [2.75, 3.05) is 19.6 Å². The van der Waals surface area contributed by atoms with Gasteiger partial charge in [-0.2, -0.15) is 0 Å². The Kier molecular flexibility index (Phi) is 5.96. The molecule has 2 unspecified atom stereocenters. The molecular formula is C19H32N2O2. The minimum atomic E-state index is 0.256. The monoisotopic (exact) mass is 320 g/mol. The molecule has 2 amide bonds. The summed E-state index contributed by atoms with van der Waals surface area (Å²) >= 11 is 0. The Hall–Kier alpha value is -1.06. The summed E-state index contributed by atoms with van der Waals surface area (Å²) < 4.78 is 0. The van der Waals surface area contributed by atoms with Crippen molar-refractivity contribution < 1.29 is 9.59 Å². The molecule has 0 aromatic carbocycles. The standard InChI is InChI=1S/C19H32N2O2/c22-18(20-13-4-1-5-14-20)11-6-12-19(23)21-15-7-9-16-8-2-3-10-17(16)21/h16-17H,1-15H2. The van der Waals surface area contributed by atoms with Gasteiger partial charge in [0.15, 0.2) is 0 Å². The Balaban J connectivity index is 1.42. The van der Waals surface area contributed by atoms with E-state index in [2.05, 4.69) is 4.90 Å². The fraction of sp³-hybridized carbons (Fsp3) is 0.895. The van der Waals surface area contributed by atoms with Crippen molar-refractivity contribution in [1.82, 2.24) is 9.80 Å². The predicted octanol–water partition coefficient (Wildman–Crippen LogP) is 3.35. The van der Waals surface area contributed by atoms with Crippen LogP contribution in [0.15, 0.2) is 0 Å². The van der Waals surface area contributed by atoms with Crippen LogP contribution in [0, 0.1) is 5.92 Å². The Labute approximate surface area is 140 Å². The summed E-state index contributed by atoms with van der Waals surface area (Å²) in [6.07, 6.45) is 13.0. The molecule has 4 nitrogen and oxygen atoms in total. The van der Waals surface area contributed by atoms with E-state index in [0.29, 0.717) is 24.8 Å². The van der Waals surface area contributed by atoms with Crippen LogP contribution in [0.2, 0.25) is 0 Å². The topological polar surface area (TPSA) is 40.6 Å². The Morgan fingerprint density at radius 2 is 1.43 bits per heavy atom. The Morgan fingerprint density at radius 1 is 0.739 bits per heavy atom. The van der Waals surface area contributed by atoms with E-state index in [1.54, 1.807) is 0 Å². The summed E-state index contributed by atoms with van der Waals surface area (Å²) in [5, 5.41) is 0. The molecule has 0 N–H and O–H groups in total. The number of piperidine rings is 2. The number of fused-ring (bicyclic) bond motifs is 1. The van der Waals surface area contributed by atoms with Gasteiger partial charge in [-0.3, -0.25) is 9.59 Å². The third kappa shape index (κ3) is 4.27. The zero-order valence-corrected chi connectivity index (χ0v) is 14.5. The van der Waals surface area contributed by atoms with Gasteiger partial charge in [-0.1, -0.05) is 12.8 Å². The van der Waals surface area contributed by atoms with E-state index in [0.717, 1.165) is 44.8 Å². The highest BCUT2D eigenvalue weighted by Gasteiger charge is 2.35. The third-order valence-electron chi connectivity index (χ3n) is 6.05. The zero-order valence-electron chi connectivity index (χ0n) is 14.5. The van der Waals surface area contributed by atoms with Crippen molar-refractivity contribution in [3.63, 3.8) is 0 Å². The van der Waals surface area contributed by atoms with Gasteiger partial charge in [0.2, 0.25) is 11.8 Å². The molecule has 3 rings (SSSR count). The van der Waals surface area contributed by atoms with Crippen molar-refractivity contribution in [3.8, 4) is 0 Å². The molecule has 1 aliphatic carbocycles. The summed E-state index contributed by atoms with van der Waals surface area (Å²) in [4.78, 5) is 29.0. The maximum absolute atomic E-state index is 12.6. The van der Waals surface area contributed by atoms with Gasteiger partial charge in [-0.15, -0.1) is 0 Å². The van der Waals surface area contributed by atoms with Gasteiger partial charge in [0.05, 0.1) is 0 Å². The molecule has 3 fully saturated rings. The summed E-state index contributed by atoms with van der Waals surface area (Å²) in [6.45, 7) is 2.78. The first-order valence-electron chi connectivity index (χ1n) is 9.83. The molecule has 2 saturated heterocycles. The van der Waals surface area contributed by atoms with Crippen LogP contribution in [-0.4, -0.2) is 47.3 Å². The van der Waals surface area contributed by atoms with E-state index in [4.69, 9.17) is 0 Å². The van der Waals surface area contributed by atoms with Crippen LogP contribution in [0.3, 0.4) is 0 Å². The first kappa shape index (κ1) is 16.8. The van der Waals surface area contributed by atoms with Gasteiger partial charge < -0.3 is 9.80 Å². The van der Waals surface area contributed by atoms with Gasteiger partial charge in [0.25, 0.3) is 0 Å². The number of nitrogens with zero attached hydrogens (tertiary/aromatic N) is 2. The van der Waals surface area contributed by atoms with Crippen LogP contribution in [0.5, 0.6) is 0 Å². The Bertz CT molecular complexity index is 416. The highest BCUT2D eigenvalue weighted by molar-refractivity contribution is 5.79. The molecule has 0 bridgehead atoms. The van der Waals surface area contributed by atoms with E-state index < -0.39 is 0 Å². The molecule has 130 valence electrons. The number of rotatable bonds is 4. The molecule has 23 heavy (non-hydrogen) atoms. The molecule has 0 radical (unpaired) electrons. The van der Waals surface area contributed by atoms with E-state index in [9.17, 15) is 9.59 Å². The number of amides is 2. The van der Waals surface area contributed by atoms with Crippen LogP contribution >= 0.6 is 0 Å². The predicted molar refractivity (Wildman–Crippen MR) is 91.0 cm³/mol. The normalized spacial score (nSPS) is 28.3. The van der Waals surface area contributed by atoms with Crippen LogP contribution in [-0.2, 0) is 9.59 Å². The number of carbonyl (C=O) groups excluding carboxylic acids is 2. The highest BCUT2D eigenvalue weighted by atomic mass is 16.2. The first-order valence-corrected chi connectivity index (χ1v) is 9.83. The molecule has 0 spiro atoms. The van der Waals surface area contributed by atoms with Gasteiger partial charge in [-0.05, 0) is 57.3 Å². The quantitative estimate of drug-likeness (QED) is 0.797. The summed E-state index contributed by atoms with van der Waals surface area (Å²) in [5.74, 6) is 1.30. The van der Waals surface area contributed by atoms with Gasteiger partial charge in [-0.25, -0.2) is 0 Å². The molecule has 2 heterocycles. The van der Waals surface area contributed by atoms with E-state index in [-0.39, 0.29) is 5.91 Å². The van der Waals surface area contributed by atoms with E-state index in [1.165, 1.54) is 44.9 Å². The first-order chi connectivity index (χ1) is 11.3. The average Bonchev–Trinajstić information content (AvgIpc) is 2.61. The molecule has 4 heteroatoms. The fourth-order valence-corrected chi connectivity index (χ4v) is 4.77. The number of likely N-dealkylation sites (tertiary alicyclic amines) is 2. The number of carbonyl (C=O) groups is 2. The Morgan fingerprint density at radius 3 is 2.26 bits per heavy atom. The van der Waals surface area contributed by atoms with Crippen molar-refractivity contribution >= 4 is 11.8 Å². The van der Waals surface area contributed by atoms with Crippen molar-refractivity contribution in [2.24, 2.45) is 5.92 Å². The van der Waals surface area contributed by atoms with Crippen molar-refractivity contribution in [2.45, 2.75) is 83.1 Å². The van der Waals surface area contributed by atoms with Crippen molar-refractivity contribution in [1.29, 1.82) is 0 Å². The minimum Gasteiger partial charge on any atom is -0.343 e. The lowest BCUT2D eigenvalue weighted by atomic mass is 9.78. The maximum atomic E-state index is 12.6. The second-order valence-electron chi connectivity index (χ2n) is 7.64. The zero-order chi connectivity index (χ0) is 16.1. The van der Waals surface area contributed by atoms with Gasteiger partial charge in [0, 0.05) is 38.5 Å². The second-order valence-corrected chi connectivity index (χ2v) is 7.64. The molecule has 0 aromatic rings. The summed E-state index contributed by atoms with van der Waals surface area (Å²) in [5.41, 5.74) is 0. The lowest BCUT2D eigenvalue weighted by Gasteiger charge is -2.44. The largest absolute Gasteiger partial charge is 0.343 e. The molecular weight excluding hydrogens is 288 g/mol. The lowest BCUT2D eigenvalue weighted by Crippen LogP contribution is -2.49. The summed E-state index contributed by atoms with van der Waals surface area (Å²) in [6, 6.07) is 0.503. The van der Waals surface area contributed by atoms with Crippen LogP contribution in [0.25, 0.3) is 0 Å². The second kappa shape index (κ2) is 8.16. The smallest absolute Gasteiger partial charge is 0.222 e. The average molecular weight is 320 g/mol. The number of hydrogen-bond donors (Lipinski definition) is 0. The van der Waals surface area contributed by atoms with E-state index >= 15 is 0 Å². The summed E-state index contributed by atoms with van der Waals surface area (Å²) in [7, 11) is 0. The minimum absolute atomic E-state index is 0.256. The van der Waals surface area contributed by atoms with Crippen LogP contribution in [0.4, 0.5) is 0 Å². The molecule has 1 saturated carbocycles. The fourth-order valence-electron chi connectivity index (χ4n) is 4.77. The van der Waals surface area contributed by atoms with E-state index in [1.807, 2.05) is 4.90 Å². The van der Waals surface area contributed by atoms with Gasteiger partial charge >= 0.3 is 0 Å². The van der Waals surface area contributed by atoms with Crippen LogP contribution in [0.1, 0.15) is 77.0 Å². The highest BCUT2D eigenvalue weighted by Crippen LogP contribution is 2.35. The SMILES string of the molecule is O=C(CCCC(=O)N1CCCC2CCCCC21)N1CCCCC1. The van der Waals surface area contributed by atoms with Crippen molar-refractivity contribution in [3.05, 3.63) is 0 Å². The number of hydrogen-bond acceptors (Lipinski definition) is 2. The van der Waals surface area contributed by atoms with Gasteiger partial charge in [0.1, 0.15) is 0 Å². The van der Waals surface area contributed by atoms with Crippen LogP contribution < -0.4 is 0 Å². The molecule has 2 atom stereocenters. The molecule has 2 aliphatic heterocycles. The maximum Gasteiger partial charge on any atom is 0.222 e. The molecule has 0 aromatic heterocycles. The lowest BCUT2D eigenvalue weighted by molar-refractivity contribution is -0.138. The third-order valence-corrected chi connectivity index (χ3v) is 6.05. The molecule has 3 aliphatic rings.